The average molecular weight is 302 g/mol. The molecule has 0 amide bonds. The van der Waals surface area contributed by atoms with Gasteiger partial charge in [-0.2, -0.15) is 0 Å². The lowest BCUT2D eigenvalue weighted by molar-refractivity contribution is 0.581. The third-order valence-corrected chi connectivity index (χ3v) is 3.82. The Hall–Kier alpha value is -1.67. The smallest absolute Gasteiger partial charge is 0.183 e. The van der Waals surface area contributed by atoms with Crippen LogP contribution in [0.3, 0.4) is 0 Å². The normalized spacial score (nSPS) is 11.7. The first-order valence-corrected chi connectivity index (χ1v) is 7.80. The number of aromatic nitrogens is 4. The minimum atomic E-state index is -3.09. The summed E-state index contributed by atoms with van der Waals surface area (Å²) in [5, 5.41) is 11.5. The maximum Gasteiger partial charge on any atom is 0.183 e. The molecular formula is C10H12ClN5O2S. The molecule has 9 heteroatoms. The van der Waals surface area contributed by atoms with Gasteiger partial charge in [0.2, 0.25) is 0 Å². The van der Waals surface area contributed by atoms with Gasteiger partial charge in [0.05, 0.1) is 23.0 Å². The summed E-state index contributed by atoms with van der Waals surface area (Å²) in [4.78, 5) is 0. The highest BCUT2D eigenvalue weighted by atomic mass is 35.5. The molecule has 0 aliphatic carbocycles. The van der Waals surface area contributed by atoms with E-state index in [4.69, 9.17) is 17.3 Å². The fourth-order valence-corrected chi connectivity index (χ4v) is 2.24. The van der Waals surface area contributed by atoms with Crippen LogP contribution in [0.1, 0.15) is 0 Å². The lowest BCUT2D eigenvalue weighted by atomic mass is 10.2. The van der Waals surface area contributed by atoms with Crippen molar-refractivity contribution in [2.45, 2.75) is 6.54 Å². The van der Waals surface area contributed by atoms with E-state index in [2.05, 4.69) is 15.5 Å². The fraction of sp³-hybridized carbons (Fsp3) is 0.300. The Bertz CT molecular complexity index is 698. The summed E-state index contributed by atoms with van der Waals surface area (Å²) >= 11 is 6.09. The van der Waals surface area contributed by atoms with Gasteiger partial charge >= 0.3 is 0 Å². The second-order valence-electron chi connectivity index (χ2n) is 4.06. The second kappa shape index (κ2) is 5.14. The molecule has 0 spiro atoms. The van der Waals surface area contributed by atoms with Crippen LogP contribution >= 0.6 is 11.6 Å². The van der Waals surface area contributed by atoms with Gasteiger partial charge in [-0.25, -0.2) is 13.1 Å². The first-order valence-electron chi connectivity index (χ1n) is 5.37. The van der Waals surface area contributed by atoms with Gasteiger partial charge in [0.1, 0.15) is 9.84 Å². The van der Waals surface area contributed by atoms with Gasteiger partial charge in [-0.15, -0.1) is 5.10 Å². The van der Waals surface area contributed by atoms with Crippen LogP contribution in [0.25, 0.3) is 11.4 Å². The molecule has 0 saturated carbocycles. The molecule has 0 atom stereocenters. The highest BCUT2D eigenvalue weighted by Crippen LogP contribution is 2.30. The number of nitrogen functional groups attached to an aromatic ring is 1. The van der Waals surface area contributed by atoms with Gasteiger partial charge in [0.25, 0.3) is 0 Å². The number of benzene rings is 1. The summed E-state index contributed by atoms with van der Waals surface area (Å²) in [6.07, 6.45) is 1.16. The lowest BCUT2D eigenvalue weighted by Gasteiger charge is -2.07. The third kappa shape index (κ3) is 3.21. The highest BCUT2D eigenvalue weighted by molar-refractivity contribution is 7.90. The number of halogens is 1. The van der Waals surface area contributed by atoms with Gasteiger partial charge in [0, 0.05) is 11.8 Å². The molecule has 2 N–H and O–H groups in total. The second-order valence-corrected chi connectivity index (χ2v) is 6.70. The zero-order valence-electron chi connectivity index (χ0n) is 10.1. The van der Waals surface area contributed by atoms with E-state index in [1.165, 1.54) is 4.68 Å². The minimum Gasteiger partial charge on any atom is -0.398 e. The van der Waals surface area contributed by atoms with Crippen molar-refractivity contribution < 1.29 is 8.42 Å². The van der Waals surface area contributed by atoms with Crippen molar-refractivity contribution in [1.82, 2.24) is 20.2 Å². The number of nitrogens with zero attached hydrogens (tertiary/aromatic N) is 4. The molecule has 1 aromatic carbocycles. The predicted octanol–water partition coefficient (Wildman–Crippen LogP) is 0.620. The van der Waals surface area contributed by atoms with Crippen LogP contribution in [0.4, 0.5) is 5.69 Å². The minimum absolute atomic E-state index is 0.0506. The number of nitrogens with two attached hydrogens (primary N) is 1. The number of rotatable bonds is 4. The molecule has 0 aliphatic rings. The first kappa shape index (κ1) is 13.8. The molecule has 1 aromatic heterocycles. The molecule has 2 aromatic rings. The van der Waals surface area contributed by atoms with E-state index in [0.29, 0.717) is 22.1 Å². The molecule has 0 aliphatic heterocycles. The van der Waals surface area contributed by atoms with E-state index >= 15 is 0 Å². The summed E-state index contributed by atoms with van der Waals surface area (Å²) in [5.41, 5.74) is 6.70. The Kier molecular flexibility index (Phi) is 3.72. The Morgan fingerprint density at radius 1 is 1.42 bits per heavy atom. The highest BCUT2D eigenvalue weighted by Gasteiger charge is 2.15. The predicted molar refractivity (Wildman–Crippen MR) is 72.4 cm³/mol. The average Bonchev–Trinajstić information content (AvgIpc) is 2.77. The standard InChI is InChI=1S/C10H12ClN5O2S/c1-19(17,18)6-5-16-10(13-14-15-16)7-3-2-4-8(12)9(7)11/h2-4H,5-6,12H2,1H3. The van der Waals surface area contributed by atoms with E-state index in [9.17, 15) is 8.42 Å². The number of sulfone groups is 1. The van der Waals surface area contributed by atoms with Crippen LogP contribution < -0.4 is 5.73 Å². The summed E-state index contributed by atoms with van der Waals surface area (Å²) in [5.74, 6) is 0.339. The first-order chi connectivity index (χ1) is 8.88. The maximum atomic E-state index is 11.2. The van der Waals surface area contributed by atoms with Gasteiger partial charge in [-0.1, -0.05) is 17.7 Å². The molecule has 0 unspecified atom stereocenters. The number of tetrazole rings is 1. The Balaban J connectivity index is 2.36. The Labute approximate surface area is 115 Å². The maximum absolute atomic E-state index is 11.2. The van der Waals surface area contributed by atoms with Gasteiger partial charge < -0.3 is 5.73 Å². The van der Waals surface area contributed by atoms with Crippen molar-refractivity contribution in [3.05, 3.63) is 23.2 Å². The van der Waals surface area contributed by atoms with Crippen molar-refractivity contribution in [3.8, 4) is 11.4 Å². The molecule has 0 fully saturated rings. The number of hydrogen-bond donors (Lipinski definition) is 1. The summed E-state index contributed by atoms with van der Waals surface area (Å²) in [6, 6.07) is 5.12. The topological polar surface area (TPSA) is 104 Å². The van der Waals surface area contributed by atoms with Crippen molar-refractivity contribution in [3.63, 3.8) is 0 Å². The zero-order chi connectivity index (χ0) is 14.0. The van der Waals surface area contributed by atoms with Crippen LogP contribution in [-0.4, -0.2) is 40.6 Å². The van der Waals surface area contributed by atoms with E-state index in [1.807, 2.05) is 0 Å². The summed E-state index contributed by atoms with van der Waals surface area (Å²) < 4.78 is 23.7. The van der Waals surface area contributed by atoms with Crippen LogP contribution in [0.15, 0.2) is 18.2 Å². The molecule has 102 valence electrons. The van der Waals surface area contributed by atoms with Gasteiger partial charge in [-0.3, -0.25) is 0 Å². The molecule has 7 nitrogen and oxygen atoms in total. The van der Waals surface area contributed by atoms with Crippen LogP contribution in [0.2, 0.25) is 5.02 Å². The SMILES string of the molecule is CS(=O)(=O)CCn1nnnc1-c1cccc(N)c1Cl. The largest absolute Gasteiger partial charge is 0.398 e. The summed E-state index contributed by atoms with van der Waals surface area (Å²) in [7, 11) is -3.09. The van der Waals surface area contributed by atoms with Crippen molar-refractivity contribution in [2.75, 3.05) is 17.7 Å². The zero-order valence-corrected chi connectivity index (χ0v) is 11.7. The van der Waals surface area contributed by atoms with Crippen molar-refractivity contribution in [1.29, 1.82) is 0 Å². The van der Waals surface area contributed by atoms with Crippen LogP contribution in [0.5, 0.6) is 0 Å². The van der Waals surface area contributed by atoms with Gasteiger partial charge in [-0.05, 0) is 22.6 Å². The van der Waals surface area contributed by atoms with Crippen LogP contribution in [0, 0.1) is 0 Å². The number of hydrogen-bond acceptors (Lipinski definition) is 6. The monoisotopic (exact) mass is 301 g/mol. The van der Waals surface area contributed by atoms with E-state index in [-0.39, 0.29) is 12.3 Å². The third-order valence-electron chi connectivity index (χ3n) is 2.48. The van der Waals surface area contributed by atoms with E-state index in [0.717, 1.165) is 6.26 Å². The molecule has 0 saturated heterocycles. The quantitative estimate of drug-likeness (QED) is 0.830. The van der Waals surface area contributed by atoms with Crippen molar-refractivity contribution in [2.24, 2.45) is 0 Å². The number of aryl methyl sites for hydroxylation is 1. The fourth-order valence-electron chi connectivity index (χ4n) is 1.52. The molecule has 0 bridgehead atoms. The molecule has 19 heavy (non-hydrogen) atoms. The number of anilines is 1. The molecule has 1 heterocycles. The summed E-state index contributed by atoms with van der Waals surface area (Å²) in [6.45, 7) is 0.159. The Morgan fingerprint density at radius 3 is 2.84 bits per heavy atom. The van der Waals surface area contributed by atoms with E-state index in [1.54, 1.807) is 18.2 Å². The molecule has 2 rings (SSSR count). The van der Waals surface area contributed by atoms with Crippen LogP contribution in [-0.2, 0) is 16.4 Å². The molecular weight excluding hydrogens is 290 g/mol. The molecule has 0 radical (unpaired) electrons. The van der Waals surface area contributed by atoms with Gasteiger partial charge in [0.15, 0.2) is 5.82 Å². The van der Waals surface area contributed by atoms with E-state index < -0.39 is 9.84 Å². The van der Waals surface area contributed by atoms with Crippen molar-refractivity contribution >= 4 is 27.1 Å². The Morgan fingerprint density at radius 2 is 2.16 bits per heavy atom. The lowest BCUT2D eigenvalue weighted by Crippen LogP contribution is -2.13.